The van der Waals surface area contributed by atoms with Gasteiger partial charge in [-0.2, -0.15) is 15.0 Å². The van der Waals surface area contributed by atoms with Gasteiger partial charge in [0.2, 0.25) is 11.9 Å². The van der Waals surface area contributed by atoms with Gasteiger partial charge in [-0.3, -0.25) is 0 Å². The van der Waals surface area contributed by atoms with Crippen LogP contribution in [0, 0.1) is 0 Å². The first kappa shape index (κ1) is 15.7. The van der Waals surface area contributed by atoms with Crippen molar-refractivity contribution in [2.75, 3.05) is 43.1 Å². The molecule has 0 amide bonds. The fraction of sp³-hybridized carbons (Fsp3) is 0.769. The van der Waals surface area contributed by atoms with Crippen LogP contribution in [0.5, 0.6) is 6.01 Å². The van der Waals surface area contributed by atoms with Crippen LogP contribution < -0.4 is 15.0 Å². The lowest BCUT2D eigenvalue weighted by molar-refractivity contribution is -0.0108. The van der Waals surface area contributed by atoms with Crippen LogP contribution in [-0.4, -0.2) is 65.1 Å². The minimum Gasteiger partial charge on any atom is -0.464 e. The van der Waals surface area contributed by atoms with E-state index in [1.54, 1.807) is 0 Å². The summed E-state index contributed by atoms with van der Waals surface area (Å²) < 4.78 is 10.9. The topological polar surface area (TPSA) is 92.6 Å². The van der Waals surface area contributed by atoms with E-state index in [9.17, 15) is 5.11 Å². The summed E-state index contributed by atoms with van der Waals surface area (Å²) in [5, 5.41) is 12.4. The normalized spacial score (nSPS) is 22.2. The zero-order valence-electron chi connectivity index (χ0n) is 12.7. The van der Waals surface area contributed by atoms with Crippen molar-refractivity contribution >= 4 is 11.9 Å². The molecule has 0 radical (unpaired) electrons. The third-order valence-corrected chi connectivity index (χ3v) is 3.18. The predicted octanol–water partition coefficient (Wildman–Crippen LogP) is 0.288. The maximum Gasteiger partial charge on any atom is 0.323 e. The van der Waals surface area contributed by atoms with Crippen molar-refractivity contribution < 1.29 is 14.6 Å². The van der Waals surface area contributed by atoms with Crippen molar-refractivity contribution in [2.45, 2.75) is 32.9 Å². The number of ether oxygens (including phenoxy) is 2. The highest BCUT2D eigenvalue weighted by molar-refractivity contribution is 5.40. The van der Waals surface area contributed by atoms with E-state index in [1.807, 2.05) is 25.7 Å². The molecule has 0 saturated carbocycles. The van der Waals surface area contributed by atoms with Gasteiger partial charge in [0.15, 0.2) is 0 Å². The van der Waals surface area contributed by atoms with Crippen LogP contribution in [0.25, 0.3) is 0 Å². The smallest absolute Gasteiger partial charge is 0.323 e. The summed E-state index contributed by atoms with van der Waals surface area (Å²) >= 11 is 0. The maximum atomic E-state index is 9.28. The second kappa shape index (κ2) is 7.37. The Bertz CT molecular complexity index is 435. The maximum absolute atomic E-state index is 9.28. The lowest BCUT2D eigenvalue weighted by Gasteiger charge is -2.37. The molecule has 1 aliphatic heterocycles. The van der Waals surface area contributed by atoms with Gasteiger partial charge in [-0.1, -0.05) is 0 Å². The minimum absolute atomic E-state index is 0.0211. The second-order valence-electron chi connectivity index (χ2n) is 4.84. The Morgan fingerprint density at radius 3 is 2.86 bits per heavy atom. The Morgan fingerprint density at radius 1 is 1.38 bits per heavy atom. The number of nitrogens with zero attached hydrogens (tertiary/aromatic N) is 4. The summed E-state index contributed by atoms with van der Waals surface area (Å²) in [6, 6.07) is 0.428. The molecule has 1 aromatic heterocycles. The van der Waals surface area contributed by atoms with Crippen molar-refractivity contribution in [3.8, 4) is 6.01 Å². The van der Waals surface area contributed by atoms with Crippen molar-refractivity contribution in [1.29, 1.82) is 0 Å². The lowest BCUT2D eigenvalue weighted by Crippen LogP contribution is -2.50. The summed E-state index contributed by atoms with van der Waals surface area (Å²) in [6.07, 6.45) is -0.226. The van der Waals surface area contributed by atoms with E-state index in [1.165, 1.54) is 0 Å². The zero-order chi connectivity index (χ0) is 15.2. The van der Waals surface area contributed by atoms with Crippen LogP contribution >= 0.6 is 0 Å². The summed E-state index contributed by atoms with van der Waals surface area (Å²) in [5.41, 5.74) is 0. The molecule has 1 fully saturated rings. The highest BCUT2D eigenvalue weighted by Gasteiger charge is 2.28. The van der Waals surface area contributed by atoms with Gasteiger partial charge in [0.1, 0.15) is 0 Å². The first-order chi connectivity index (χ1) is 10.2. The summed E-state index contributed by atoms with van der Waals surface area (Å²) in [6.45, 7) is 8.14. The van der Waals surface area contributed by atoms with E-state index in [0.717, 1.165) is 0 Å². The number of aromatic nitrogens is 3. The van der Waals surface area contributed by atoms with E-state index < -0.39 is 0 Å². The monoisotopic (exact) mass is 297 g/mol. The van der Waals surface area contributed by atoms with Crippen molar-refractivity contribution in [3.63, 3.8) is 0 Å². The van der Waals surface area contributed by atoms with E-state index in [2.05, 4.69) is 20.3 Å². The van der Waals surface area contributed by atoms with Gasteiger partial charge < -0.3 is 24.8 Å². The van der Waals surface area contributed by atoms with Gasteiger partial charge >= 0.3 is 6.01 Å². The van der Waals surface area contributed by atoms with Crippen LogP contribution in [0.2, 0.25) is 0 Å². The molecule has 0 aromatic carbocycles. The summed E-state index contributed by atoms with van der Waals surface area (Å²) in [5.74, 6) is 1.03. The number of anilines is 2. The molecular weight excluding hydrogens is 274 g/mol. The molecular formula is C13H23N5O3. The molecule has 2 unspecified atom stereocenters. The third kappa shape index (κ3) is 3.92. The molecule has 8 nitrogen and oxygen atoms in total. The van der Waals surface area contributed by atoms with E-state index >= 15 is 0 Å². The molecule has 1 saturated heterocycles. The minimum atomic E-state index is -0.226. The lowest BCUT2D eigenvalue weighted by atomic mass is 10.2. The summed E-state index contributed by atoms with van der Waals surface area (Å²) in [7, 11) is 0. The summed E-state index contributed by atoms with van der Waals surface area (Å²) in [4.78, 5) is 15.0. The van der Waals surface area contributed by atoms with Gasteiger partial charge in [-0.15, -0.1) is 0 Å². The molecule has 118 valence electrons. The number of hydrogen-bond acceptors (Lipinski definition) is 8. The van der Waals surface area contributed by atoms with Gasteiger partial charge in [-0.05, 0) is 20.8 Å². The average molecular weight is 297 g/mol. The molecule has 2 rings (SSSR count). The number of rotatable bonds is 6. The van der Waals surface area contributed by atoms with Crippen LogP contribution in [-0.2, 0) is 4.74 Å². The highest BCUT2D eigenvalue weighted by atomic mass is 16.5. The molecule has 1 aromatic rings. The molecule has 21 heavy (non-hydrogen) atoms. The van der Waals surface area contributed by atoms with E-state index in [-0.39, 0.29) is 18.8 Å². The van der Waals surface area contributed by atoms with E-state index in [4.69, 9.17) is 9.47 Å². The molecule has 1 aliphatic rings. The quantitative estimate of drug-likeness (QED) is 0.774. The largest absolute Gasteiger partial charge is 0.464 e. The van der Waals surface area contributed by atoms with Gasteiger partial charge in [-0.25, -0.2) is 0 Å². The van der Waals surface area contributed by atoms with Gasteiger partial charge in [0, 0.05) is 13.1 Å². The van der Waals surface area contributed by atoms with Crippen molar-refractivity contribution in [1.82, 2.24) is 15.0 Å². The van der Waals surface area contributed by atoms with E-state index in [0.29, 0.717) is 44.2 Å². The predicted molar refractivity (Wildman–Crippen MR) is 78.8 cm³/mol. The third-order valence-electron chi connectivity index (χ3n) is 3.18. The van der Waals surface area contributed by atoms with Crippen LogP contribution in [0.1, 0.15) is 20.8 Å². The van der Waals surface area contributed by atoms with Crippen molar-refractivity contribution in [2.24, 2.45) is 0 Å². The molecule has 2 N–H and O–H groups in total. The Labute approximate surface area is 124 Å². The average Bonchev–Trinajstić information content (AvgIpc) is 2.48. The molecule has 0 bridgehead atoms. The van der Waals surface area contributed by atoms with Crippen LogP contribution in [0.3, 0.4) is 0 Å². The SMILES string of the molecule is CCNc1nc(OCC)nc(N2CC(CO)OCC2C)n1. The Balaban J connectivity index is 2.26. The first-order valence-corrected chi connectivity index (χ1v) is 7.29. The fourth-order valence-corrected chi connectivity index (χ4v) is 2.11. The molecule has 8 heteroatoms. The highest BCUT2D eigenvalue weighted by Crippen LogP contribution is 2.21. The zero-order valence-corrected chi connectivity index (χ0v) is 12.7. The van der Waals surface area contributed by atoms with Gasteiger partial charge in [0.25, 0.3) is 0 Å². The molecule has 0 spiro atoms. The Hall–Kier alpha value is -1.67. The first-order valence-electron chi connectivity index (χ1n) is 7.29. The Kier molecular flexibility index (Phi) is 5.51. The Morgan fingerprint density at radius 2 is 2.19 bits per heavy atom. The fourth-order valence-electron chi connectivity index (χ4n) is 2.11. The molecule has 2 heterocycles. The van der Waals surface area contributed by atoms with Crippen LogP contribution in [0.15, 0.2) is 0 Å². The second-order valence-corrected chi connectivity index (χ2v) is 4.84. The number of hydrogen-bond donors (Lipinski definition) is 2. The molecule has 2 atom stereocenters. The number of morpholine rings is 1. The number of aliphatic hydroxyl groups excluding tert-OH is 1. The standard InChI is InChI=1S/C13H23N5O3/c1-4-14-11-15-12(17-13(16-11)20-5-2)18-6-10(7-19)21-8-9(18)3/h9-10,19H,4-8H2,1-3H3,(H,14,15,16,17). The van der Waals surface area contributed by atoms with Crippen LogP contribution in [0.4, 0.5) is 11.9 Å². The van der Waals surface area contributed by atoms with Gasteiger partial charge in [0.05, 0.1) is 32.0 Å². The number of aliphatic hydroxyl groups is 1. The van der Waals surface area contributed by atoms with Crippen molar-refractivity contribution in [3.05, 3.63) is 0 Å². The number of nitrogens with one attached hydrogen (secondary N) is 1. The molecule has 0 aliphatic carbocycles.